The number of nitrogens with zero attached hydrogens (tertiary/aromatic N) is 1. The Morgan fingerprint density at radius 2 is 1.50 bits per heavy atom. The predicted molar refractivity (Wildman–Crippen MR) is 127 cm³/mol. The molecule has 2 aromatic carbocycles. The SMILES string of the molecule is Cc1ccc(C(CN[C@H]2CS(=O)(=O)C[C@@H]2S(=O)(=O)c2ccc(C)cc2)N2CCCC2)cc1. The maximum atomic E-state index is 13.3. The van der Waals surface area contributed by atoms with Crippen molar-refractivity contribution in [2.75, 3.05) is 31.1 Å². The molecule has 0 amide bonds. The van der Waals surface area contributed by atoms with E-state index in [1.165, 1.54) is 11.1 Å². The summed E-state index contributed by atoms with van der Waals surface area (Å²) in [7, 11) is -7.20. The van der Waals surface area contributed by atoms with Crippen LogP contribution in [0.4, 0.5) is 0 Å². The third-order valence-corrected chi connectivity index (χ3v) is 10.8. The number of rotatable bonds is 7. The molecule has 0 saturated carbocycles. The number of hydrogen-bond acceptors (Lipinski definition) is 6. The lowest BCUT2D eigenvalue weighted by Gasteiger charge is -2.30. The highest BCUT2D eigenvalue weighted by molar-refractivity contribution is 7.96. The van der Waals surface area contributed by atoms with Crippen LogP contribution in [0.2, 0.25) is 0 Å². The normalized spacial score (nSPS) is 24.6. The molecule has 0 aromatic heterocycles. The summed E-state index contributed by atoms with van der Waals surface area (Å²) >= 11 is 0. The van der Waals surface area contributed by atoms with Crippen LogP contribution >= 0.6 is 0 Å². The van der Waals surface area contributed by atoms with Crippen LogP contribution in [0.3, 0.4) is 0 Å². The summed E-state index contributed by atoms with van der Waals surface area (Å²) in [6.07, 6.45) is 2.29. The zero-order valence-corrected chi connectivity index (χ0v) is 20.3. The molecule has 0 bridgehead atoms. The Bertz CT molecular complexity index is 1140. The predicted octanol–water partition coefficient (Wildman–Crippen LogP) is 2.67. The van der Waals surface area contributed by atoms with Crippen molar-refractivity contribution in [2.24, 2.45) is 0 Å². The monoisotopic (exact) mass is 476 g/mol. The second-order valence-electron chi connectivity index (χ2n) is 9.16. The Morgan fingerprint density at radius 3 is 2.09 bits per heavy atom. The Labute approximate surface area is 191 Å². The van der Waals surface area contributed by atoms with Gasteiger partial charge in [0.1, 0.15) is 0 Å². The van der Waals surface area contributed by atoms with Gasteiger partial charge in [0, 0.05) is 18.6 Å². The average Bonchev–Trinajstić information content (AvgIpc) is 3.38. The minimum atomic E-state index is -3.77. The molecule has 6 nitrogen and oxygen atoms in total. The number of nitrogens with one attached hydrogen (secondary N) is 1. The van der Waals surface area contributed by atoms with Crippen molar-refractivity contribution < 1.29 is 16.8 Å². The van der Waals surface area contributed by atoms with Gasteiger partial charge in [-0.1, -0.05) is 47.5 Å². The van der Waals surface area contributed by atoms with Gasteiger partial charge in [0.05, 0.1) is 21.7 Å². The number of hydrogen-bond donors (Lipinski definition) is 1. The van der Waals surface area contributed by atoms with Gasteiger partial charge in [0.15, 0.2) is 19.7 Å². The van der Waals surface area contributed by atoms with E-state index in [0.717, 1.165) is 31.5 Å². The molecular formula is C24H32N2O4S2. The van der Waals surface area contributed by atoms with Crippen molar-refractivity contribution in [3.63, 3.8) is 0 Å². The van der Waals surface area contributed by atoms with Crippen LogP contribution in [-0.4, -0.2) is 64.2 Å². The molecular weight excluding hydrogens is 444 g/mol. The summed E-state index contributed by atoms with van der Waals surface area (Å²) in [5.74, 6) is -0.483. The summed E-state index contributed by atoms with van der Waals surface area (Å²) in [4.78, 5) is 2.59. The first-order chi connectivity index (χ1) is 15.2. The standard InChI is InChI=1S/C24H32N2O4S2/c1-18-5-9-20(10-6-18)23(26-13-3-4-14-26)15-25-22-16-31(27,28)17-24(22)32(29,30)21-11-7-19(2)8-12-21/h5-12,22-25H,3-4,13-17H2,1-2H3/t22-,23?,24-/m0/s1. The molecule has 2 fully saturated rings. The van der Waals surface area contributed by atoms with Crippen molar-refractivity contribution in [3.05, 3.63) is 65.2 Å². The molecule has 2 saturated heterocycles. The highest BCUT2D eigenvalue weighted by Gasteiger charge is 2.46. The maximum absolute atomic E-state index is 13.3. The second-order valence-corrected chi connectivity index (χ2v) is 13.5. The van der Waals surface area contributed by atoms with E-state index in [1.54, 1.807) is 24.3 Å². The highest BCUT2D eigenvalue weighted by Crippen LogP contribution is 2.29. The number of likely N-dealkylation sites (tertiary alicyclic amines) is 1. The summed E-state index contributed by atoms with van der Waals surface area (Å²) in [6.45, 7) is 6.45. The Hall–Kier alpha value is -1.74. The molecule has 2 aliphatic heterocycles. The number of aryl methyl sites for hydroxylation is 2. The fourth-order valence-corrected chi connectivity index (χ4v) is 9.49. The second kappa shape index (κ2) is 9.25. The molecule has 3 atom stereocenters. The molecule has 2 aliphatic rings. The lowest BCUT2D eigenvalue weighted by Crippen LogP contribution is -2.46. The highest BCUT2D eigenvalue weighted by atomic mass is 32.2. The van der Waals surface area contributed by atoms with Crippen molar-refractivity contribution in [3.8, 4) is 0 Å². The third kappa shape index (κ3) is 5.09. The van der Waals surface area contributed by atoms with Crippen LogP contribution in [0.1, 0.15) is 35.6 Å². The van der Waals surface area contributed by atoms with E-state index in [2.05, 4.69) is 41.4 Å². The first kappa shape index (κ1) is 23.4. The minimum absolute atomic E-state index is 0.0872. The zero-order chi connectivity index (χ0) is 22.9. The van der Waals surface area contributed by atoms with E-state index in [0.29, 0.717) is 6.54 Å². The first-order valence-electron chi connectivity index (χ1n) is 11.2. The van der Waals surface area contributed by atoms with Gasteiger partial charge in [-0.2, -0.15) is 0 Å². The summed E-state index contributed by atoms with van der Waals surface area (Å²) < 4.78 is 51.6. The van der Waals surface area contributed by atoms with Gasteiger partial charge in [-0.05, 0) is 57.5 Å². The number of sulfone groups is 2. The largest absolute Gasteiger partial charge is 0.310 e. The van der Waals surface area contributed by atoms with Gasteiger partial charge in [0.2, 0.25) is 0 Å². The first-order valence-corrected chi connectivity index (χ1v) is 14.6. The molecule has 32 heavy (non-hydrogen) atoms. The Balaban J connectivity index is 1.57. The number of benzene rings is 2. The Morgan fingerprint density at radius 1 is 0.938 bits per heavy atom. The summed E-state index contributed by atoms with van der Waals surface area (Å²) in [5.41, 5.74) is 3.32. The summed E-state index contributed by atoms with van der Waals surface area (Å²) in [6, 6.07) is 14.5. The van der Waals surface area contributed by atoms with Crippen LogP contribution in [0.25, 0.3) is 0 Å². The minimum Gasteiger partial charge on any atom is -0.310 e. The van der Waals surface area contributed by atoms with Crippen LogP contribution < -0.4 is 5.32 Å². The molecule has 0 spiro atoms. The van der Waals surface area contributed by atoms with Gasteiger partial charge < -0.3 is 5.32 Å². The van der Waals surface area contributed by atoms with Crippen molar-refractivity contribution in [1.82, 2.24) is 10.2 Å². The molecule has 0 radical (unpaired) electrons. The topological polar surface area (TPSA) is 83.5 Å². The summed E-state index contributed by atoms with van der Waals surface area (Å²) in [5, 5.41) is 2.39. The van der Waals surface area contributed by atoms with Gasteiger partial charge in [-0.15, -0.1) is 0 Å². The van der Waals surface area contributed by atoms with E-state index in [-0.39, 0.29) is 22.4 Å². The zero-order valence-electron chi connectivity index (χ0n) is 18.7. The van der Waals surface area contributed by atoms with Crippen LogP contribution in [0.15, 0.2) is 53.4 Å². The Kier molecular flexibility index (Phi) is 6.77. The van der Waals surface area contributed by atoms with E-state index < -0.39 is 31.0 Å². The van der Waals surface area contributed by atoms with Crippen LogP contribution in [0.5, 0.6) is 0 Å². The fraction of sp³-hybridized carbons (Fsp3) is 0.500. The van der Waals surface area contributed by atoms with E-state index >= 15 is 0 Å². The van der Waals surface area contributed by atoms with E-state index in [1.807, 2.05) is 6.92 Å². The average molecular weight is 477 g/mol. The lowest BCUT2D eigenvalue weighted by atomic mass is 10.0. The molecule has 2 heterocycles. The molecule has 4 rings (SSSR count). The maximum Gasteiger partial charge on any atom is 0.183 e. The molecule has 2 aromatic rings. The lowest BCUT2D eigenvalue weighted by molar-refractivity contribution is 0.234. The molecule has 1 unspecified atom stereocenters. The van der Waals surface area contributed by atoms with Gasteiger partial charge in [-0.25, -0.2) is 16.8 Å². The smallest absolute Gasteiger partial charge is 0.183 e. The van der Waals surface area contributed by atoms with Gasteiger partial charge in [0.25, 0.3) is 0 Å². The third-order valence-electron chi connectivity index (χ3n) is 6.67. The molecule has 8 heteroatoms. The molecule has 1 N–H and O–H groups in total. The van der Waals surface area contributed by atoms with Crippen molar-refractivity contribution >= 4 is 19.7 Å². The molecule has 174 valence electrons. The van der Waals surface area contributed by atoms with Crippen molar-refractivity contribution in [2.45, 2.75) is 48.9 Å². The molecule has 0 aliphatic carbocycles. The quantitative estimate of drug-likeness (QED) is 0.662. The van der Waals surface area contributed by atoms with E-state index in [9.17, 15) is 16.8 Å². The van der Waals surface area contributed by atoms with Crippen molar-refractivity contribution in [1.29, 1.82) is 0 Å². The van der Waals surface area contributed by atoms with Gasteiger partial charge >= 0.3 is 0 Å². The fourth-order valence-electron chi connectivity index (χ4n) is 4.78. The van der Waals surface area contributed by atoms with Crippen LogP contribution in [-0.2, 0) is 19.7 Å². The van der Waals surface area contributed by atoms with Crippen LogP contribution in [0, 0.1) is 13.8 Å². The van der Waals surface area contributed by atoms with E-state index in [4.69, 9.17) is 0 Å². The van der Waals surface area contributed by atoms with Gasteiger partial charge in [-0.3, -0.25) is 4.90 Å².